The molecule has 90 valence electrons. The van der Waals surface area contributed by atoms with E-state index < -0.39 is 0 Å². The highest BCUT2D eigenvalue weighted by molar-refractivity contribution is 5.65. The monoisotopic (exact) mass is 232 g/mol. The van der Waals surface area contributed by atoms with E-state index in [4.69, 9.17) is 5.73 Å². The molecular formula is C12H16N4O. The maximum Gasteiger partial charge on any atom is 0.181 e. The number of nitrogens with zero attached hydrogens (tertiary/aromatic N) is 2. The van der Waals surface area contributed by atoms with E-state index in [-0.39, 0.29) is 11.2 Å². The van der Waals surface area contributed by atoms with Gasteiger partial charge in [0.1, 0.15) is 11.6 Å². The number of benzene rings is 1. The van der Waals surface area contributed by atoms with E-state index in [2.05, 4.69) is 36.0 Å². The second-order valence-electron chi connectivity index (χ2n) is 5.03. The van der Waals surface area contributed by atoms with Gasteiger partial charge >= 0.3 is 0 Å². The lowest BCUT2D eigenvalue weighted by atomic mass is 9.96. The summed E-state index contributed by atoms with van der Waals surface area (Å²) in [6.07, 6.45) is 0. The maximum atomic E-state index is 9.35. The summed E-state index contributed by atoms with van der Waals surface area (Å²) >= 11 is 0. The lowest BCUT2D eigenvalue weighted by Gasteiger charge is -2.12. The molecule has 5 heteroatoms. The number of H-pyrrole nitrogens is 1. The van der Waals surface area contributed by atoms with E-state index in [0.29, 0.717) is 11.5 Å². The van der Waals surface area contributed by atoms with Gasteiger partial charge in [0.05, 0.1) is 5.69 Å². The lowest BCUT2D eigenvalue weighted by Crippen LogP contribution is -2.13. The van der Waals surface area contributed by atoms with Crippen LogP contribution in [-0.2, 0) is 5.41 Å². The van der Waals surface area contributed by atoms with Crippen molar-refractivity contribution in [2.75, 3.05) is 5.73 Å². The van der Waals surface area contributed by atoms with Crippen molar-refractivity contribution in [2.45, 2.75) is 26.2 Å². The topological polar surface area (TPSA) is 87.8 Å². The highest BCUT2D eigenvalue weighted by Crippen LogP contribution is 2.27. The molecule has 0 aliphatic heterocycles. The fourth-order valence-corrected chi connectivity index (χ4v) is 1.42. The first-order valence-electron chi connectivity index (χ1n) is 5.39. The average Bonchev–Trinajstić information content (AvgIpc) is 2.70. The first-order chi connectivity index (χ1) is 7.88. The standard InChI is InChI=1S/C12H16N4O/c1-12(2,3)11-14-10(15-16-11)7-4-5-9(17)8(13)6-7/h4-6,17H,13H2,1-3H3,(H,14,15,16). The Morgan fingerprint density at radius 1 is 1.29 bits per heavy atom. The Bertz CT molecular complexity index is 540. The number of phenolic OH excluding ortho intramolecular Hbond substituents is 1. The van der Waals surface area contributed by atoms with Gasteiger partial charge in [-0.25, -0.2) is 4.98 Å². The molecule has 1 aromatic heterocycles. The molecule has 0 aliphatic carbocycles. The molecule has 0 atom stereocenters. The quantitative estimate of drug-likeness (QED) is 0.518. The van der Waals surface area contributed by atoms with Gasteiger partial charge in [-0.2, -0.15) is 5.10 Å². The van der Waals surface area contributed by atoms with Crippen molar-refractivity contribution >= 4 is 5.69 Å². The molecule has 0 amide bonds. The second-order valence-corrected chi connectivity index (χ2v) is 5.03. The third-order valence-corrected chi connectivity index (χ3v) is 2.48. The predicted octanol–water partition coefficient (Wildman–Crippen LogP) is 2.06. The zero-order chi connectivity index (χ0) is 12.6. The zero-order valence-electron chi connectivity index (χ0n) is 10.2. The number of nitrogen functional groups attached to an aromatic ring is 1. The van der Waals surface area contributed by atoms with E-state index in [1.54, 1.807) is 12.1 Å². The normalized spacial score (nSPS) is 11.7. The largest absolute Gasteiger partial charge is 0.506 e. The number of aromatic hydroxyl groups is 1. The van der Waals surface area contributed by atoms with Gasteiger partial charge in [-0.1, -0.05) is 20.8 Å². The SMILES string of the molecule is CC(C)(C)c1nc(-c2ccc(O)c(N)c2)n[nH]1. The van der Waals surface area contributed by atoms with Crippen molar-refractivity contribution in [3.63, 3.8) is 0 Å². The Balaban J connectivity index is 2.40. The molecule has 0 aliphatic rings. The van der Waals surface area contributed by atoms with Crippen LogP contribution in [0.3, 0.4) is 0 Å². The van der Waals surface area contributed by atoms with Gasteiger partial charge in [0.2, 0.25) is 0 Å². The molecular weight excluding hydrogens is 216 g/mol. The van der Waals surface area contributed by atoms with Crippen LogP contribution >= 0.6 is 0 Å². The molecule has 0 spiro atoms. The number of nitrogens with one attached hydrogen (secondary N) is 1. The van der Waals surface area contributed by atoms with Gasteiger partial charge in [-0.05, 0) is 18.2 Å². The van der Waals surface area contributed by atoms with Crippen LogP contribution < -0.4 is 5.73 Å². The third-order valence-electron chi connectivity index (χ3n) is 2.48. The number of aromatic nitrogens is 3. The predicted molar refractivity (Wildman–Crippen MR) is 66.6 cm³/mol. The van der Waals surface area contributed by atoms with E-state index in [9.17, 15) is 5.11 Å². The van der Waals surface area contributed by atoms with Crippen molar-refractivity contribution < 1.29 is 5.11 Å². The molecule has 0 saturated heterocycles. The van der Waals surface area contributed by atoms with Crippen molar-refractivity contribution in [3.05, 3.63) is 24.0 Å². The second kappa shape index (κ2) is 3.76. The Morgan fingerprint density at radius 3 is 2.53 bits per heavy atom. The first kappa shape index (κ1) is 11.4. The molecule has 4 N–H and O–H groups in total. The fourth-order valence-electron chi connectivity index (χ4n) is 1.42. The molecule has 0 fully saturated rings. The van der Waals surface area contributed by atoms with Crippen LogP contribution in [0.1, 0.15) is 26.6 Å². The van der Waals surface area contributed by atoms with Gasteiger partial charge < -0.3 is 10.8 Å². The number of rotatable bonds is 1. The number of aromatic amines is 1. The smallest absolute Gasteiger partial charge is 0.181 e. The summed E-state index contributed by atoms with van der Waals surface area (Å²) in [5.41, 5.74) is 6.67. The highest BCUT2D eigenvalue weighted by Gasteiger charge is 2.19. The fraction of sp³-hybridized carbons (Fsp3) is 0.333. The molecule has 1 heterocycles. The molecule has 17 heavy (non-hydrogen) atoms. The van der Waals surface area contributed by atoms with Crippen LogP contribution in [0.4, 0.5) is 5.69 Å². The Kier molecular flexibility index (Phi) is 2.53. The maximum absolute atomic E-state index is 9.35. The molecule has 1 aromatic carbocycles. The number of anilines is 1. The number of phenols is 1. The molecule has 0 radical (unpaired) electrons. The highest BCUT2D eigenvalue weighted by atomic mass is 16.3. The van der Waals surface area contributed by atoms with Gasteiger partial charge in [-0.3, -0.25) is 5.10 Å². The van der Waals surface area contributed by atoms with E-state index in [0.717, 1.165) is 11.4 Å². The number of hydrogen-bond acceptors (Lipinski definition) is 4. The summed E-state index contributed by atoms with van der Waals surface area (Å²) < 4.78 is 0. The van der Waals surface area contributed by atoms with Crippen molar-refractivity contribution in [2.24, 2.45) is 0 Å². The summed E-state index contributed by atoms with van der Waals surface area (Å²) in [6.45, 7) is 6.17. The molecule has 2 aromatic rings. The summed E-state index contributed by atoms with van der Waals surface area (Å²) in [5, 5.41) is 16.4. The Morgan fingerprint density at radius 2 is 2.00 bits per heavy atom. The van der Waals surface area contributed by atoms with E-state index in [1.807, 2.05) is 0 Å². The van der Waals surface area contributed by atoms with Crippen molar-refractivity contribution in [1.29, 1.82) is 0 Å². The van der Waals surface area contributed by atoms with Gasteiger partial charge in [-0.15, -0.1) is 0 Å². The van der Waals surface area contributed by atoms with E-state index >= 15 is 0 Å². The van der Waals surface area contributed by atoms with Crippen LogP contribution in [0, 0.1) is 0 Å². The minimum absolute atomic E-state index is 0.0698. The van der Waals surface area contributed by atoms with Crippen LogP contribution in [0.5, 0.6) is 5.75 Å². The summed E-state index contributed by atoms with van der Waals surface area (Å²) in [5.74, 6) is 1.47. The van der Waals surface area contributed by atoms with Crippen molar-refractivity contribution in [3.8, 4) is 17.1 Å². The van der Waals surface area contributed by atoms with Crippen LogP contribution in [0.25, 0.3) is 11.4 Å². The molecule has 2 rings (SSSR count). The molecule has 0 bridgehead atoms. The summed E-state index contributed by atoms with van der Waals surface area (Å²) in [4.78, 5) is 4.42. The summed E-state index contributed by atoms with van der Waals surface area (Å²) in [7, 11) is 0. The van der Waals surface area contributed by atoms with Crippen LogP contribution in [0.2, 0.25) is 0 Å². The van der Waals surface area contributed by atoms with Crippen LogP contribution in [0.15, 0.2) is 18.2 Å². The third kappa shape index (κ3) is 2.22. The first-order valence-corrected chi connectivity index (χ1v) is 5.39. The van der Waals surface area contributed by atoms with Gasteiger partial charge in [0.25, 0.3) is 0 Å². The van der Waals surface area contributed by atoms with Gasteiger partial charge in [0, 0.05) is 11.0 Å². The number of nitrogens with two attached hydrogens (primary N) is 1. The molecule has 5 nitrogen and oxygen atoms in total. The average molecular weight is 232 g/mol. The van der Waals surface area contributed by atoms with Crippen molar-refractivity contribution in [1.82, 2.24) is 15.2 Å². The minimum Gasteiger partial charge on any atom is -0.506 e. The molecule has 0 saturated carbocycles. The Hall–Kier alpha value is -2.04. The minimum atomic E-state index is -0.0757. The summed E-state index contributed by atoms with van der Waals surface area (Å²) in [6, 6.07) is 4.93. The lowest BCUT2D eigenvalue weighted by molar-refractivity contribution is 0.478. The Labute approximate surface area is 99.7 Å². The van der Waals surface area contributed by atoms with E-state index in [1.165, 1.54) is 6.07 Å². The zero-order valence-corrected chi connectivity index (χ0v) is 10.2. The van der Waals surface area contributed by atoms with Gasteiger partial charge in [0.15, 0.2) is 5.82 Å². The van der Waals surface area contributed by atoms with Crippen LogP contribution in [-0.4, -0.2) is 20.3 Å². The number of hydrogen-bond donors (Lipinski definition) is 3. The molecule has 0 unspecified atom stereocenters.